The van der Waals surface area contributed by atoms with Gasteiger partial charge in [-0.1, -0.05) is 30.3 Å². The third kappa shape index (κ3) is 3.39. The Hall–Kier alpha value is -1.31. The Kier molecular flexibility index (Phi) is 3.89. The van der Waals surface area contributed by atoms with E-state index in [1.807, 2.05) is 18.2 Å². The number of allylic oxidation sites excluding steroid dienone is 1. The van der Waals surface area contributed by atoms with Gasteiger partial charge >= 0.3 is 0 Å². The van der Waals surface area contributed by atoms with Crippen molar-refractivity contribution in [3.8, 4) is 0 Å². The van der Waals surface area contributed by atoms with Crippen LogP contribution in [-0.2, 0) is 15.6 Å². The molecule has 0 heterocycles. The molecule has 1 rings (SSSR count). The van der Waals surface area contributed by atoms with Crippen LogP contribution in [0.5, 0.6) is 0 Å². The molecule has 3 heteroatoms. The molecule has 0 bridgehead atoms. The number of benzene rings is 1. The first-order chi connectivity index (χ1) is 7.06. The maximum Gasteiger partial charge on any atom is 0.185 e. The van der Waals surface area contributed by atoms with Crippen LogP contribution in [0.1, 0.15) is 19.4 Å². The third-order valence-electron chi connectivity index (χ3n) is 2.01. The average Bonchev–Trinajstić information content (AvgIpc) is 2.19. The zero-order chi connectivity index (χ0) is 11.3. The summed E-state index contributed by atoms with van der Waals surface area (Å²) in [5.74, 6) is 0.0422. The van der Waals surface area contributed by atoms with Crippen molar-refractivity contribution in [3.05, 3.63) is 52.6 Å². The lowest BCUT2D eigenvalue weighted by atomic mass is 10.2. The van der Waals surface area contributed by atoms with Crippen LogP contribution in [-0.4, -0.2) is 8.42 Å². The second kappa shape index (κ2) is 4.96. The van der Waals surface area contributed by atoms with Gasteiger partial charge in [0.05, 0.1) is 10.7 Å². The lowest BCUT2D eigenvalue weighted by molar-refractivity contribution is 0.601. The Morgan fingerprint density at radius 2 is 1.93 bits per heavy atom. The van der Waals surface area contributed by atoms with Gasteiger partial charge in [-0.25, -0.2) is 8.42 Å². The molecule has 0 aromatic heterocycles. The van der Waals surface area contributed by atoms with Crippen LogP contribution in [0.2, 0.25) is 0 Å². The molecule has 0 aliphatic rings. The molecule has 80 valence electrons. The van der Waals surface area contributed by atoms with E-state index in [0.29, 0.717) is 0 Å². The number of rotatable bonds is 3. The van der Waals surface area contributed by atoms with Gasteiger partial charge in [-0.15, -0.1) is 5.73 Å². The summed E-state index contributed by atoms with van der Waals surface area (Å²) in [7, 11) is -3.20. The summed E-state index contributed by atoms with van der Waals surface area (Å²) in [5.41, 5.74) is 3.51. The van der Waals surface area contributed by atoms with Crippen molar-refractivity contribution < 1.29 is 8.42 Å². The Morgan fingerprint density at radius 1 is 1.33 bits per heavy atom. The number of hydrogen-bond acceptors (Lipinski definition) is 2. The van der Waals surface area contributed by atoms with E-state index in [9.17, 15) is 8.42 Å². The van der Waals surface area contributed by atoms with Gasteiger partial charge in [-0.2, -0.15) is 0 Å². The third-order valence-corrected chi connectivity index (χ3v) is 3.78. The molecule has 0 spiro atoms. The quantitative estimate of drug-likeness (QED) is 0.737. The van der Waals surface area contributed by atoms with Crippen molar-refractivity contribution in [1.82, 2.24) is 0 Å². The summed E-state index contributed by atoms with van der Waals surface area (Å²) in [6, 6.07) is 9.14. The number of sulfone groups is 1. The average molecular weight is 222 g/mol. The molecular formula is C12H14O2S. The molecule has 1 aromatic carbocycles. The molecule has 0 N–H and O–H groups in total. The molecule has 0 aliphatic carbocycles. The first kappa shape index (κ1) is 11.8. The van der Waals surface area contributed by atoms with E-state index >= 15 is 0 Å². The van der Waals surface area contributed by atoms with Gasteiger partial charge in [0, 0.05) is 0 Å². The highest BCUT2D eigenvalue weighted by Gasteiger charge is 2.13. The van der Waals surface area contributed by atoms with E-state index in [0.717, 1.165) is 5.56 Å². The summed E-state index contributed by atoms with van der Waals surface area (Å²) >= 11 is 0. The van der Waals surface area contributed by atoms with Crippen molar-refractivity contribution in [2.75, 3.05) is 0 Å². The minimum absolute atomic E-state index is 0.0422. The fourth-order valence-corrected chi connectivity index (χ4v) is 2.34. The van der Waals surface area contributed by atoms with Crippen LogP contribution >= 0.6 is 0 Å². The summed E-state index contributed by atoms with van der Waals surface area (Å²) in [4.78, 5) is 0.286. The molecule has 1 aromatic rings. The highest BCUT2D eigenvalue weighted by Crippen LogP contribution is 2.12. The topological polar surface area (TPSA) is 34.1 Å². The molecule has 15 heavy (non-hydrogen) atoms. The van der Waals surface area contributed by atoms with Crippen LogP contribution in [0.3, 0.4) is 0 Å². The zero-order valence-corrected chi connectivity index (χ0v) is 9.71. The fourth-order valence-electron chi connectivity index (χ4n) is 1.19. The molecule has 0 radical (unpaired) electrons. The van der Waals surface area contributed by atoms with Gasteiger partial charge < -0.3 is 0 Å². The lowest BCUT2D eigenvalue weighted by Gasteiger charge is -2.02. The largest absolute Gasteiger partial charge is 0.223 e. The maximum atomic E-state index is 11.8. The van der Waals surface area contributed by atoms with Gasteiger partial charge in [-0.3, -0.25) is 0 Å². The summed E-state index contributed by atoms with van der Waals surface area (Å²) in [5, 5.41) is 0. The Balaban J connectivity index is 2.97. The summed E-state index contributed by atoms with van der Waals surface area (Å²) < 4.78 is 23.5. The van der Waals surface area contributed by atoms with Gasteiger partial charge in [0.15, 0.2) is 9.84 Å². The first-order valence-corrected chi connectivity index (χ1v) is 6.36. The standard InChI is InChI=1S/C12H14O2S/c1-3-7-11(2)15(13,14)10-12-8-5-4-6-9-12/h3-6,8-9H,10H2,1-2H3. The molecule has 0 saturated heterocycles. The van der Waals surface area contributed by atoms with Crippen LogP contribution < -0.4 is 0 Å². The minimum atomic E-state index is -3.20. The van der Waals surface area contributed by atoms with Crippen LogP contribution in [0.15, 0.2) is 47.0 Å². The highest BCUT2D eigenvalue weighted by molar-refractivity contribution is 7.94. The first-order valence-electron chi connectivity index (χ1n) is 4.71. The summed E-state index contributed by atoms with van der Waals surface area (Å²) in [6.45, 7) is 3.32. The van der Waals surface area contributed by atoms with E-state index in [1.165, 1.54) is 0 Å². The van der Waals surface area contributed by atoms with E-state index in [2.05, 4.69) is 5.73 Å². The second-order valence-electron chi connectivity index (χ2n) is 3.23. The fraction of sp³-hybridized carbons (Fsp3) is 0.250. The second-order valence-corrected chi connectivity index (χ2v) is 5.36. The van der Waals surface area contributed by atoms with Crippen molar-refractivity contribution in [2.24, 2.45) is 0 Å². The van der Waals surface area contributed by atoms with E-state index in [-0.39, 0.29) is 10.7 Å². The van der Waals surface area contributed by atoms with Gasteiger partial charge in [0.1, 0.15) is 0 Å². The van der Waals surface area contributed by atoms with Gasteiger partial charge in [-0.05, 0) is 25.5 Å². The molecule has 2 nitrogen and oxygen atoms in total. The van der Waals surface area contributed by atoms with E-state index < -0.39 is 9.84 Å². The predicted octanol–water partition coefficient (Wildman–Crippen LogP) is 2.68. The molecule has 0 unspecified atom stereocenters. The van der Waals surface area contributed by atoms with Crippen molar-refractivity contribution in [1.29, 1.82) is 0 Å². The van der Waals surface area contributed by atoms with Crippen LogP contribution in [0.25, 0.3) is 0 Å². The molecule has 0 aliphatic heterocycles. The van der Waals surface area contributed by atoms with Gasteiger partial charge in [0.2, 0.25) is 0 Å². The van der Waals surface area contributed by atoms with Crippen LogP contribution in [0, 0.1) is 0 Å². The normalized spacial score (nSPS) is 10.5. The smallest absolute Gasteiger partial charge is 0.185 e. The maximum absolute atomic E-state index is 11.8. The molecule has 0 fully saturated rings. The minimum Gasteiger partial charge on any atom is -0.223 e. The Morgan fingerprint density at radius 3 is 2.47 bits per heavy atom. The predicted molar refractivity (Wildman–Crippen MR) is 62.0 cm³/mol. The van der Waals surface area contributed by atoms with Crippen molar-refractivity contribution in [3.63, 3.8) is 0 Å². The highest BCUT2D eigenvalue weighted by atomic mass is 32.2. The van der Waals surface area contributed by atoms with Gasteiger partial charge in [0.25, 0.3) is 0 Å². The van der Waals surface area contributed by atoms with E-state index in [1.54, 1.807) is 32.1 Å². The monoisotopic (exact) mass is 222 g/mol. The Labute approximate surface area is 90.9 Å². The van der Waals surface area contributed by atoms with E-state index in [4.69, 9.17) is 0 Å². The molecule has 0 atom stereocenters. The Bertz CT molecular complexity index is 478. The zero-order valence-electron chi connectivity index (χ0n) is 8.90. The SMILES string of the molecule is CC=C=C(C)S(=O)(=O)Cc1ccccc1. The van der Waals surface area contributed by atoms with Crippen molar-refractivity contribution in [2.45, 2.75) is 19.6 Å². The molecular weight excluding hydrogens is 208 g/mol. The van der Waals surface area contributed by atoms with Crippen molar-refractivity contribution >= 4 is 9.84 Å². The molecule has 0 amide bonds. The summed E-state index contributed by atoms with van der Waals surface area (Å²) in [6.07, 6.45) is 1.61. The van der Waals surface area contributed by atoms with Crippen LogP contribution in [0.4, 0.5) is 0 Å². The number of hydrogen-bond donors (Lipinski definition) is 0. The molecule has 0 saturated carbocycles. The lowest BCUT2D eigenvalue weighted by Crippen LogP contribution is -2.04.